The molecule has 0 aliphatic carbocycles. The van der Waals surface area contributed by atoms with Crippen LogP contribution in [0.2, 0.25) is 0 Å². The van der Waals surface area contributed by atoms with E-state index in [1.165, 1.54) is 6.07 Å². The van der Waals surface area contributed by atoms with Crippen molar-refractivity contribution in [3.05, 3.63) is 75.5 Å². The fourth-order valence-electron chi connectivity index (χ4n) is 2.64. The first kappa shape index (κ1) is 23.0. The van der Waals surface area contributed by atoms with Gasteiger partial charge in [-0.1, -0.05) is 0 Å². The summed E-state index contributed by atoms with van der Waals surface area (Å²) in [6, 6.07) is 2.23. The minimum atomic E-state index is -1.89. The minimum absolute atomic E-state index is 0. The van der Waals surface area contributed by atoms with Gasteiger partial charge in [-0.3, -0.25) is 4.79 Å². The summed E-state index contributed by atoms with van der Waals surface area (Å²) >= 11 is 0. The Morgan fingerprint density at radius 2 is 1.50 bits per heavy atom. The summed E-state index contributed by atoms with van der Waals surface area (Å²) in [5.74, 6) is -12.5. The van der Waals surface area contributed by atoms with Crippen molar-refractivity contribution < 1.29 is 53.3 Å². The van der Waals surface area contributed by atoms with Crippen molar-refractivity contribution in [1.29, 1.82) is 5.26 Å². The second-order valence-corrected chi connectivity index (χ2v) is 5.77. The average Bonchev–Trinajstić information content (AvgIpc) is 2.93. The number of halogens is 6. The molecule has 1 radical (unpaired) electrons. The Hall–Kier alpha value is -3.29. The molecule has 30 heavy (non-hydrogen) atoms. The van der Waals surface area contributed by atoms with E-state index in [1.807, 2.05) is 0 Å². The molecular formula is C18H7F6MnN3O2. The number of nitrogens with zero attached hydrogens (tertiary/aromatic N) is 3. The number of hydrogen-bond acceptors (Lipinski definition) is 4. The summed E-state index contributed by atoms with van der Waals surface area (Å²) < 4.78 is 82.5. The van der Waals surface area contributed by atoms with Gasteiger partial charge in [0.25, 0.3) is 0 Å². The quantitative estimate of drug-likeness (QED) is 0.276. The number of rotatable bonds is 3. The van der Waals surface area contributed by atoms with E-state index in [2.05, 4.69) is 5.10 Å². The molecule has 0 fully saturated rings. The summed E-state index contributed by atoms with van der Waals surface area (Å²) in [5, 5.41) is 22.4. The molecule has 1 aromatic heterocycles. The Morgan fingerprint density at radius 1 is 1.00 bits per heavy atom. The average molecular weight is 466 g/mol. The molecule has 0 saturated carbocycles. The molecule has 155 valence electrons. The predicted molar refractivity (Wildman–Crippen MR) is 84.3 cm³/mol. The Balaban J connectivity index is 0.00000320. The molecule has 0 unspecified atom stereocenters. The van der Waals surface area contributed by atoms with Crippen LogP contribution in [-0.4, -0.2) is 20.7 Å². The molecule has 0 amide bonds. The number of carbonyl (C=O) groups excluding carboxylic acids is 1. The number of nitriles is 1. The zero-order valence-electron chi connectivity index (χ0n) is 14.6. The molecule has 1 N–H and O–H groups in total. The third-order valence-electron chi connectivity index (χ3n) is 3.98. The third-order valence-corrected chi connectivity index (χ3v) is 3.98. The van der Waals surface area contributed by atoms with Crippen LogP contribution >= 0.6 is 0 Å². The van der Waals surface area contributed by atoms with Gasteiger partial charge in [0.2, 0.25) is 11.7 Å². The molecule has 0 bridgehead atoms. The predicted octanol–water partition coefficient (Wildman–Crippen LogP) is 3.82. The number of aromatic hydroxyl groups is 1. The third kappa shape index (κ3) is 3.53. The van der Waals surface area contributed by atoms with Gasteiger partial charge >= 0.3 is 0 Å². The van der Waals surface area contributed by atoms with Gasteiger partial charge in [-0.05, 0) is 19.1 Å². The van der Waals surface area contributed by atoms with E-state index in [0.29, 0.717) is 12.1 Å². The Kier molecular flexibility index (Phi) is 6.30. The molecular weight excluding hydrogens is 459 g/mol. The first-order valence-corrected chi connectivity index (χ1v) is 7.64. The van der Waals surface area contributed by atoms with Crippen molar-refractivity contribution in [1.82, 2.24) is 9.78 Å². The van der Waals surface area contributed by atoms with Gasteiger partial charge in [0.1, 0.15) is 34.5 Å². The van der Waals surface area contributed by atoms with Crippen molar-refractivity contribution in [3.63, 3.8) is 0 Å². The largest absolute Gasteiger partial charge is 0.493 e. The molecule has 12 heteroatoms. The Morgan fingerprint density at radius 3 is 1.97 bits per heavy atom. The fourth-order valence-corrected chi connectivity index (χ4v) is 2.64. The summed E-state index contributed by atoms with van der Waals surface area (Å²) in [6.45, 7) is 1.10. The monoisotopic (exact) mass is 466 g/mol. The normalized spacial score (nSPS) is 10.5. The smallest absolute Gasteiger partial charge is 0.226 e. The van der Waals surface area contributed by atoms with Crippen LogP contribution in [0.5, 0.6) is 5.88 Å². The minimum Gasteiger partial charge on any atom is -0.493 e. The molecule has 3 rings (SSSR count). The zero-order valence-corrected chi connectivity index (χ0v) is 15.8. The first-order valence-electron chi connectivity index (χ1n) is 7.64. The maximum atomic E-state index is 14.0. The van der Waals surface area contributed by atoms with Crippen LogP contribution in [0.1, 0.15) is 27.2 Å². The molecule has 0 atom stereocenters. The van der Waals surface area contributed by atoms with Gasteiger partial charge in [-0.2, -0.15) is 15.0 Å². The molecule has 1 heterocycles. The molecule has 0 saturated heterocycles. The number of hydrogen-bond donors (Lipinski definition) is 1. The van der Waals surface area contributed by atoms with Crippen molar-refractivity contribution in [2.75, 3.05) is 0 Å². The molecule has 0 aliphatic rings. The van der Waals surface area contributed by atoms with Gasteiger partial charge in [-0.15, -0.1) is 0 Å². The van der Waals surface area contributed by atoms with Crippen molar-refractivity contribution in [2.45, 2.75) is 6.92 Å². The van der Waals surface area contributed by atoms with Crippen LogP contribution in [-0.2, 0) is 17.1 Å². The van der Waals surface area contributed by atoms with E-state index in [1.54, 1.807) is 0 Å². The molecule has 0 spiro atoms. The zero-order chi connectivity index (χ0) is 21.6. The fraction of sp³-hybridized carbons (Fsp3) is 0.0556. The molecule has 5 nitrogen and oxygen atoms in total. The van der Waals surface area contributed by atoms with Crippen LogP contribution < -0.4 is 0 Å². The SMILES string of the molecule is Cc1nn(-c2c(F)c(F)cc(F)c2F)c(O)c1C(=O)c1cc(F)c(C#N)c(F)c1.[Mn]. The van der Waals surface area contributed by atoms with E-state index in [4.69, 9.17) is 5.26 Å². The van der Waals surface area contributed by atoms with Crippen molar-refractivity contribution in [3.8, 4) is 17.6 Å². The topological polar surface area (TPSA) is 78.9 Å². The Bertz CT molecular complexity index is 1190. The first-order chi connectivity index (χ1) is 13.6. The van der Waals surface area contributed by atoms with Crippen LogP contribution in [0.15, 0.2) is 18.2 Å². The summed E-state index contributed by atoms with van der Waals surface area (Å²) in [7, 11) is 0. The van der Waals surface area contributed by atoms with Crippen LogP contribution in [0.25, 0.3) is 5.69 Å². The number of aromatic nitrogens is 2. The van der Waals surface area contributed by atoms with Gasteiger partial charge in [0.15, 0.2) is 23.3 Å². The Labute approximate surface area is 174 Å². The second-order valence-electron chi connectivity index (χ2n) is 5.77. The van der Waals surface area contributed by atoms with E-state index in [0.717, 1.165) is 6.92 Å². The number of carbonyl (C=O) groups is 1. The van der Waals surface area contributed by atoms with Gasteiger partial charge in [0.05, 0.1) is 5.69 Å². The number of ketones is 1. The number of benzene rings is 2. The maximum absolute atomic E-state index is 14.0. The van der Waals surface area contributed by atoms with E-state index < -0.39 is 68.9 Å². The molecule has 0 aliphatic heterocycles. The van der Waals surface area contributed by atoms with E-state index in [-0.39, 0.29) is 33.5 Å². The van der Waals surface area contributed by atoms with Gasteiger partial charge < -0.3 is 5.11 Å². The molecule has 3 aromatic rings. The van der Waals surface area contributed by atoms with Gasteiger partial charge in [-0.25, -0.2) is 26.3 Å². The van der Waals surface area contributed by atoms with Crippen molar-refractivity contribution in [2.24, 2.45) is 0 Å². The summed E-state index contributed by atoms with van der Waals surface area (Å²) in [5.41, 5.74) is -4.11. The summed E-state index contributed by atoms with van der Waals surface area (Å²) in [4.78, 5) is 12.6. The van der Waals surface area contributed by atoms with E-state index >= 15 is 0 Å². The van der Waals surface area contributed by atoms with Crippen molar-refractivity contribution >= 4 is 5.78 Å². The number of aryl methyl sites for hydroxylation is 1. The molecule has 2 aromatic carbocycles. The van der Waals surface area contributed by atoms with E-state index in [9.17, 15) is 36.2 Å². The van der Waals surface area contributed by atoms with Crippen LogP contribution in [0.4, 0.5) is 26.3 Å². The van der Waals surface area contributed by atoms with Crippen LogP contribution in [0, 0.1) is 53.2 Å². The van der Waals surface area contributed by atoms with Gasteiger partial charge in [0, 0.05) is 28.7 Å². The second kappa shape index (κ2) is 8.22. The summed E-state index contributed by atoms with van der Waals surface area (Å²) in [6.07, 6.45) is 0. The standard InChI is InChI=1S/C18H7F6N3O2.Mn/c1-6-13(17(28)7-2-9(19)8(5-25)10(20)3-7)18(29)27(26-6)16-14(23)11(21)4-12(22)15(16)24;/h2-4,29H,1H3;. The maximum Gasteiger partial charge on any atom is 0.226 e. The van der Waals surface area contributed by atoms with Crippen LogP contribution in [0.3, 0.4) is 0 Å².